The molecule has 0 saturated carbocycles. The number of carbonyl (C=O) groups is 1. The molecule has 1 saturated heterocycles. The van der Waals surface area contributed by atoms with Crippen molar-refractivity contribution >= 4 is 27.5 Å². The van der Waals surface area contributed by atoms with E-state index >= 15 is 0 Å². The highest BCUT2D eigenvalue weighted by Crippen LogP contribution is 2.39. The van der Waals surface area contributed by atoms with Crippen molar-refractivity contribution in [1.82, 2.24) is 15.2 Å². The number of likely N-dealkylation sites (tertiary alicyclic amines) is 1. The first kappa shape index (κ1) is 20.0. The number of hydrogen-bond acceptors (Lipinski definition) is 5. The first-order chi connectivity index (χ1) is 14.3. The number of nitrogens with one attached hydrogen (secondary N) is 1. The van der Waals surface area contributed by atoms with Gasteiger partial charge in [-0.05, 0) is 36.6 Å². The Balaban J connectivity index is 1.50. The molecule has 0 spiro atoms. The van der Waals surface area contributed by atoms with Gasteiger partial charge in [-0.15, -0.1) is 11.3 Å². The van der Waals surface area contributed by atoms with Crippen LogP contribution in [0.15, 0.2) is 48.7 Å². The molecular weight excluding hydrogens is 382 g/mol. The summed E-state index contributed by atoms with van der Waals surface area (Å²) in [6.07, 6.45) is 3.94. The van der Waals surface area contributed by atoms with Crippen molar-refractivity contribution in [2.24, 2.45) is 0 Å². The lowest BCUT2D eigenvalue weighted by Gasteiger charge is -2.17. The number of amides is 1. The highest BCUT2D eigenvalue weighted by atomic mass is 32.1. The van der Waals surface area contributed by atoms with E-state index < -0.39 is 0 Å². The monoisotopic (exact) mass is 409 g/mol. The Morgan fingerprint density at radius 2 is 2.14 bits per heavy atom. The second-order valence-corrected chi connectivity index (χ2v) is 8.47. The molecule has 29 heavy (non-hydrogen) atoms. The number of methoxy groups -OCH3 is 1. The molecule has 4 rings (SSSR count). The molecule has 152 valence electrons. The lowest BCUT2D eigenvalue weighted by Crippen LogP contribution is -2.27. The quantitative estimate of drug-likeness (QED) is 0.577. The van der Waals surface area contributed by atoms with Crippen LogP contribution in [0.1, 0.15) is 33.1 Å². The largest absolute Gasteiger partial charge is 0.383 e. The van der Waals surface area contributed by atoms with E-state index in [1.54, 1.807) is 13.3 Å². The number of ether oxygens (including phenoxy) is 1. The third kappa shape index (κ3) is 4.66. The molecule has 1 aliphatic rings. The van der Waals surface area contributed by atoms with Gasteiger partial charge in [0, 0.05) is 44.2 Å². The van der Waals surface area contributed by atoms with Gasteiger partial charge in [0.25, 0.3) is 5.91 Å². The molecule has 5 nitrogen and oxygen atoms in total. The normalized spacial score (nSPS) is 17.1. The van der Waals surface area contributed by atoms with E-state index in [-0.39, 0.29) is 5.91 Å². The van der Waals surface area contributed by atoms with Crippen molar-refractivity contribution in [3.05, 3.63) is 64.7 Å². The van der Waals surface area contributed by atoms with Gasteiger partial charge >= 0.3 is 0 Å². The van der Waals surface area contributed by atoms with Crippen LogP contribution in [0.5, 0.6) is 0 Å². The Bertz CT molecular complexity index is 957. The van der Waals surface area contributed by atoms with Crippen molar-refractivity contribution in [3.63, 3.8) is 0 Å². The zero-order valence-electron chi connectivity index (χ0n) is 16.8. The summed E-state index contributed by atoms with van der Waals surface area (Å²) in [5, 5.41) is 4.12. The van der Waals surface area contributed by atoms with Crippen LogP contribution >= 0.6 is 11.3 Å². The summed E-state index contributed by atoms with van der Waals surface area (Å²) in [6, 6.07) is 14.7. The number of hydrogen-bond donors (Lipinski definition) is 1. The summed E-state index contributed by atoms with van der Waals surface area (Å²) in [4.78, 5) is 21.6. The molecule has 1 aliphatic heterocycles. The highest BCUT2D eigenvalue weighted by Gasteiger charge is 2.30. The van der Waals surface area contributed by atoms with Crippen LogP contribution < -0.4 is 5.32 Å². The minimum atomic E-state index is -0.0113. The number of aromatic nitrogens is 1. The first-order valence-electron chi connectivity index (χ1n) is 10.2. The molecule has 1 atom stereocenters. The van der Waals surface area contributed by atoms with Crippen molar-refractivity contribution in [3.8, 4) is 0 Å². The summed E-state index contributed by atoms with van der Waals surface area (Å²) in [6.45, 7) is 4.15. The summed E-state index contributed by atoms with van der Waals surface area (Å²) in [5.74, 6) is 0.356. The average molecular weight is 410 g/mol. The minimum absolute atomic E-state index is 0.0113. The van der Waals surface area contributed by atoms with Crippen LogP contribution in [0.2, 0.25) is 0 Å². The van der Waals surface area contributed by atoms with Gasteiger partial charge in [0.2, 0.25) is 0 Å². The fraction of sp³-hybridized carbons (Fsp3) is 0.391. The molecule has 3 aromatic rings. The number of rotatable bonds is 8. The Labute approximate surface area is 175 Å². The van der Waals surface area contributed by atoms with Crippen LogP contribution in [-0.4, -0.2) is 55.7 Å². The zero-order chi connectivity index (χ0) is 20.1. The van der Waals surface area contributed by atoms with Gasteiger partial charge in [0.05, 0.1) is 11.5 Å². The molecule has 1 amide bonds. The van der Waals surface area contributed by atoms with Gasteiger partial charge in [-0.3, -0.25) is 4.79 Å². The molecule has 1 N–H and O–H groups in total. The molecular formula is C23H27N3O2S. The average Bonchev–Trinajstić information content (AvgIpc) is 3.37. The zero-order valence-corrected chi connectivity index (χ0v) is 17.6. The van der Waals surface area contributed by atoms with Gasteiger partial charge < -0.3 is 15.0 Å². The molecule has 1 aromatic carbocycles. The van der Waals surface area contributed by atoms with E-state index in [1.165, 1.54) is 22.5 Å². The van der Waals surface area contributed by atoms with Gasteiger partial charge in [0.1, 0.15) is 4.83 Å². The summed E-state index contributed by atoms with van der Waals surface area (Å²) < 4.78 is 5.06. The molecule has 1 unspecified atom stereocenters. The van der Waals surface area contributed by atoms with Crippen LogP contribution in [0, 0.1) is 0 Å². The highest BCUT2D eigenvalue weighted by molar-refractivity contribution is 7.20. The topological polar surface area (TPSA) is 54.5 Å². The number of pyridine rings is 1. The smallest absolute Gasteiger partial charge is 0.261 e. The number of fused-ring (bicyclic) bond motifs is 1. The lowest BCUT2D eigenvalue weighted by atomic mass is 9.95. The SMILES string of the molecule is COCCNC(=O)c1sc2ncccc2c1C1CCN(CCc2ccccc2)C1. The van der Waals surface area contributed by atoms with E-state index in [1.807, 2.05) is 6.07 Å². The van der Waals surface area contributed by atoms with E-state index in [0.29, 0.717) is 19.1 Å². The van der Waals surface area contributed by atoms with E-state index in [0.717, 1.165) is 47.6 Å². The van der Waals surface area contributed by atoms with Crippen molar-refractivity contribution in [1.29, 1.82) is 0 Å². The maximum atomic E-state index is 12.9. The van der Waals surface area contributed by atoms with Crippen LogP contribution in [-0.2, 0) is 11.2 Å². The van der Waals surface area contributed by atoms with Gasteiger partial charge in [-0.25, -0.2) is 4.98 Å². The van der Waals surface area contributed by atoms with E-state index in [9.17, 15) is 4.79 Å². The number of nitrogens with zero attached hydrogens (tertiary/aromatic N) is 2. The van der Waals surface area contributed by atoms with E-state index in [2.05, 4.69) is 51.6 Å². The minimum Gasteiger partial charge on any atom is -0.383 e. The van der Waals surface area contributed by atoms with Crippen molar-refractivity contribution < 1.29 is 9.53 Å². The Morgan fingerprint density at radius 3 is 2.97 bits per heavy atom. The Morgan fingerprint density at radius 1 is 1.28 bits per heavy atom. The molecule has 0 radical (unpaired) electrons. The van der Waals surface area contributed by atoms with E-state index in [4.69, 9.17) is 4.74 Å². The molecule has 3 heterocycles. The lowest BCUT2D eigenvalue weighted by molar-refractivity contribution is 0.0940. The summed E-state index contributed by atoms with van der Waals surface area (Å²) in [5.41, 5.74) is 2.55. The fourth-order valence-corrected chi connectivity index (χ4v) is 5.22. The Kier molecular flexibility index (Phi) is 6.54. The molecule has 0 bridgehead atoms. The van der Waals surface area contributed by atoms with Crippen LogP contribution in [0.25, 0.3) is 10.2 Å². The second-order valence-electron chi connectivity index (χ2n) is 7.47. The fourth-order valence-electron chi connectivity index (χ4n) is 4.08. The molecule has 2 aromatic heterocycles. The summed E-state index contributed by atoms with van der Waals surface area (Å²) >= 11 is 1.51. The predicted molar refractivity (Wildman–Crippen MR) is 118 cm³/mol. The standard InChI is InChI=1S/C23H27N3O2S/c1-28-15-12-24-22(27)21-20(19-8-5-11-25-23(19)29-21)18-10-14-26(16-18)13-9-17-6-3-2-4-7-17/h2-8,11,18H,9-10,12-16H2,1H3,(H,24,27). The second kappa shape index (κ2) is 9.48. The van der Waals surface area contributed by atoms with Gasteiger partial charge in [0.15, 0.2) is 0 Å². The maximum Gasteiger partial charge on any atom is 0.261 e. The van der Waals surface area contributed by atoms with Gasteiger partial charge in [-0.1, -0.05) is 36.4 Å². The number of benzene rings is 1. The predicted octanol–water partition coefficient (Wildman–Crippen LogP) is 3.70. The van der Waals surface area contributed by atoms with Crippen LogP contribution in [0.3, 0.4) is 0 Å². The number of carbonyl (C=O) groups excluding carboxylic acids is 1. The van der Waals surface area contributed by atoms with Crippen molar-refractivity contribution in [2.45, 2.75) is 18.8 Å². The first-order valence-corrected chi connectivity index (χ1v) is 11.0. The summed E-state index contributed by atoms with van der Waals surface area (Å²) in [7, 11) is 1.64. The van der Waals surface area contributed by atoms with Crippen molar-refractivity contribution in [2.75, 3.05) is 39.9 Å². The van der Waals surface area contributed by atoms with Crippen LogP contribution in [0.4, 0.5) is 0 Å². The Hall–Kier alpha value is -2.28. The molecule has 0 aliphatic carbocycles. The number of thiophene rings is 1. The third-order valence-electron chi connectivity index (χ3n) is 5.54. The molecule has 1 fully saturated rings. The third-order valence-corrected chi connectivity index (χ3v) is 6.67. The maximum absolute atomic E-state index is 12.9. The van der Waals surface area contributed by atoms with Gasteiger partial charge in [-0.2, -0.15) is 0 Å². The molecule has 6 heteroatoms.